The van der Waals surface area contributed by atoms with E-state index in [-0.39, 0.29) is 0 Å². The molecule has 0 fully saturated rings. The molecule has 0 bridgehead atoms. The molecule has 2 N–H and O–H groups in total. The van der Waals surface area contributed by atoms with Crippen LogP contribution in [0.15, 0.2) is 12.4 Å². The molecule has 0 atom stereocenters. The predicted molar refractivity (Wildman–Crippen MR) is 68.0 cm³/mol. The average Bonchev–Trinajstić information content (AvgIpc) is 2.91. The monoisotopic (exact) mass is 245 g/mol. The lowest BCUT2D eigenvalue weighted by Crippen LogP contribution is -2.07. The van der Waals surface area contributed by atoms with Gasteiger partial charge in [-0.05, 0) is 6.92 Å². The van der Waals surface area contributed by atoms with Crippen molar-refractivity contribution in [3.05, 3.63) is 23.7 Å². The Morgan fingerprint density at radius 2 is 2.11 bits per heavy atom. The molecule has 0 radical (unpaired) electrons. The summed E-state index contributed by atoms with van der Waals surface area (Å²) in [5, 5.41) is 8.51. The molecule has 0 aliphatic heterocycles. The summed E-state index contributed by atoms with van der Waals surface area (Å²) in [6, 6.07) is 0. The van der Waals surface area contributed by atoms with Crippen LogP contribution in [0.25, 0.3) is 11.2 Å². The van der Waals surface area contributed by atoms with Gasteiger partial charge in [-0.25, -0.2) is 4.98 Å². The van der Waals surface area contributed by atoms with Gasteiger partial charge in [0.2, 0.25) is 5.95 Å². The third-order valence-electron chi connectivity index (χ3n) is 3.02. The van der Waals surface area contributed by atoms with Crippen LogP contribution in [0.4, 0.5) is 5.95 Å². The van der Waals surface area contributed by atoms with Gasteiger partial charge in [0, 0.05) is 25.9 Å². The second-order valence-electron chi connectivity index (χ2n) is 4.46. The summed E-state index contributed by atoms with van der Waals surface area (Å²) < 4.78 is 5.53. The highest BCUT2D eigenvalue weighted by Gasteiger charge is 2.15. The first kappa shape index (κ1) is 10.8. The van der Waals surface area contributed by atoms with Crippen molar-refractivity contribution in [2.45, 2.75) is 13.5 Å². The third-order valence-corrected chi connectivity index (χ3v) is 3.02. The lowest BCUT2D eigenvalue weighted by atomic mass is 10.3. The Balaban J connectivity index is 2.13. The summed E-state index contributed by atoms with van der Waals surface area (Å²) in [7, 11) is 3.79. The number of fused-ring (bicyclic) bond motifs is 1. The van der Waals surface area contributed by atoms with Crippen LogP contribution in [0.2, 0.25) is 0 Å². The number of rotatable bonds is 2. The van der Waals surface area contributed by atoms with Crippen molar-refractivity contribution < 1.29 is 0 Å². The first-order valence-corrected chi connectivity index (χ1v) is 5.69. The zero-order valence-corrected chi connectivity index (χ0v) is 10.6. The number of nitrogen functional groups attached to an aromatic ring is 1. The molecule has 0 unspecified atom stereocenters. The first-order chi connectivity index (χ1) is 8.56. The minimum absolute atomic E-state index is 0.505. The molecule has 0 aliphatic carbocycles. The lowest BCUT2D eigenvalue weighted by molar-refractivity contribution is 0.724. The van der Waals surface area contributed by atoms with E-state index in [1.54, 1.807) is 4.68 Å². The maximum absolute atomic E-state index is 5.97. The molecular formula is C11H15N7. The maximum atomic E-state index is 5.97. The van der Waals surface area contributed by atoms with E-state index in [1.807, 2.05) is 42.7 Å². The highest BCUT2D eigenvalue weighted by Crippen LogP contribution is 2.21. The number of aryl methyl sites for hydroxylation is 3. The van der Waals surface area contributed by atoms with Crippen molar-refractivity contribution in [3.63, 3.8) is 0 Å². The molecule has 3 rings (SSSR count). The van der Waals surface area contributed by atoms with Crippen molar-refractivity contribution in [2.75, 3.05) is 5.73 Å². The van der Waals surface area contributed by atoms with Crippen LogP contribution in [-0.2, 0) is 20.6 Å². The molecule has 3 aromatic rings. The van der Waals surface area contributed by atoms with Crippen LogP contribution < -0.4 is 5.73 Å². The van der Waals surface area contributed by atoms with Gasteiger partial charge in [-0.15, -0.1) is 0 Å². The van der Waals surface area contributed by atoms with Gasteiger partial charge in [-0.2, -0.15) is 10.2 Å². The van der Waals surface area contributed by atoms with Gasteiger partial charge in [0.25, 0.3) is 0 Å². The zero-order valence-electron chi connectivity index (χ0n) is 10.6. The fourth-order valence-electron chi connectivity index (χ4n) is 2.24. The molecule has 7 nitrogen and oxygen atoms in total. The Morgan fingerprint density at radius 3 is 2.78 bits per heavy atom. The van der Waals surface area contributed by atoms with E-state index >= 15 is 0 Å². The number of anilines is 1. The Morgan fingerprint density at radius 1 is 1.33 bits per heavy atom. The van der Waals surface area contributed by atoms with E-state index in [0.29, 0.717) is 12.5 Å². The van der Waals surface area contributed by atoms with E-state index < -0.39 is 0 Å². The van der Waals surface area contributed by atoms with Gasteiger partial charge in [0.1, 0.15) is 5.52 Å². The van der Waals surface area contributed by atoms with Gasteiger partial charge < -0.3 is 5.73 Å². The standard InChI is InChI=1S/C11H15N7/c1-7-9-10(17(3)15-7)18(11(12)14-9)6-8-4-13-16(2)5-8/h4-5H,6H2,1-3H3,(H2,12,14). The minimum Gasteiger partial charge on any atom is -0.369 e. The van der Waals surface area contributed by atoms with E-state index in [2.05, 4.69) is 15.2 Å². The average molecular weight is 245 g/mol. The SMILES string of the molecule is Cc1nn(C)c2c1nc(N)n2Cc1cnn(C)c1. The topological polar surface area (TPSA) is 79.5 Å². The van der Waals surface area contributed by atoms with Crippen LogP contribution in [-0.4, -0.2) is 29.1 Å². The van der Waals surface area contributed by atoms with E-state index in [0.717, 1.165) is 22.4 Å². The van der Waals surface area contributed by atoms with E-state index in [4.69, 9.17) is 5.73 Å². The van der Waals surface area contributed by atoms with Crippen LogP contribution in [0.1, 0.15) is 11.3 Å². The minimum atomic E-state index is 0.505. The number of nitrogens with zero attached hydrogens (tertiary/aromatic N) is 6. The second-order valence-corrected chi connectivity index (χ2v) is 4.46. The summed E-state index contributed by atoms with van der Waals surface area (Å²) in [6.45, 7) is 2.58. The molecule has 0 aliphatic rings. The molecule has 0 saturated heterocycles. The van der Waals surface area contributed by atoms with E-state index in [1.165, 1.54) is 0 Å². The fourth-order valence-corrected chi connectivity index (χ4v) is 2.24. The Kier molecular flexibility index (Phi) is 2.16. The van der Waals surface area contributed by atoms with Gasteiger partial charge >= 0.3 is 0 Å². The number of imidazole rings is 1. The lowest BCUT2D eigenvalue weighted by Gasteiger charge is -2.04. The second kappa shape index (κ2) is 3.59. The number of aromatic nitrogens is 6. The van der Waals surface area contributed by atoms with Gasteiger partial charge in [-0.1, -0.05) is 0 Å². The molecule has 0 spiro atoms. The molecule has 0 saturated carbocycles. The summed E-state index contributed by atoms with van der Waals surface area (Å²) in [4.78, 5) is 4.37. The van der Waals surface area contributed by atoms with Crippen LogP contribution in [0.3, 0.4) is 0 Å². The molecule has 7 heteroatoms. The van der Waals surface area contributed by atoms with Crippen molar-refractivity contribution in [1.29, 1.82) is 0 Å². The third kappa shape index (κ3) is 1.47. The molecule has 3 aromatic heterocycles. The Hall–Kier alpha value is -2.31. The first-order valence-electron chi connectivity index (χ1n) is 5.69. The summed E-state index contributed by atoms with van der Waals surface area (Å²) in [6.07, 6.45) is 3.79. The van der Waals surface area contributed by atoms with Gasteiger partial charge in [0.15, 0.2) is 5.65 Å². The molecular weight excluding hydrogens is 230 g/mol. The number of nitrogens with two attached hydrogens (primary N) is 1. The van der Waals surface area contributed by atoms with Crippen LogP contribution in [0.5, 0.6) is 0 Å². The zero-order chi connectivity index (χ0) is 12.9. The maximum Gasteiger partial charge on any atom is 0.202 e. The summed E-state index contributed by atoms with van der Waals surface area (Å²) in [5.41, 5.74) is 9.75. The predicted octanol–water partition coefficient (Wildman–Crippen LogP) is 0.442. The summed E-state index contributed by atoms with van der Waals surface area (Å²) in [5.74, 6) is 0.505. The number of hydrogen-bond acceptors (Lipinski definition) is 4. The largest absolute Gasteiger partial charge is 0.369 e. The molecule has 18 heavy (non-hydrogen) atoms. The molecule has 0 aromatic carbocycles. The van der Waals surface area contributed by atoms with Crippen molar-refractivity contribution >= 4 is 17.1 Å². The number of hydrogen-bond donors (Lipinski definition) is 1. The van der Waals surface area contributed by atoms with Crippen molar-refractivity contribution in [1.82, 2.24) is 29.1 Å². The van der Waals surface area contributed by atoms with E-state index in [9.17, 15) is 0 Å². The van der Waals surface area contributed by atoms with Gasteiger partial charge in [-0.3, -0.25) is 13.9 Å². The molecule has 3 heterocycles. The fraction of sp³-hybridized carbons (Fsp3) is 0.364. The quantitative estimate of drug-likeness (QED) is 0.710. The smallest absolute Gasteiger partial charge is 0.202 e. The Bertz CT molecular complexity index is 715. The normalized spacial score (nSPS) is 11.5. The van der Waals surface area contributed by atoms with Crippen LogP contribution in [0, 0.1) is 6.92 Å². The Labute approximate surface area is 104 Å². The van der Waals surface area contributed by atoms with Crippen molar-refractivity contribution in [3.8, 4) is 0 Å². The molecule has 94 valence electrons. The highest BCUT2D eigenvalue weighted by atomic mass is 15.3. The van der Waals surface area contributed by atoms with Crippen LogP contribution >= 0.6 is 0 Å². The van der Waals surface area contributed by atoms with Gasteiger partial charge in [0.05, 0.1) is 18.4 Å². The van der Waals surface area contributed by atoms with Crippen molar-refractivity contribution in [2.24, 2.45) is 14.1 Å². The summed E-state index contributed by atoms with van der Waals surface area (Å²) >= 11 is 0. The molecule has 0 amide bonds. The highest BCUT2D eigenvalue weighted by molar-refractivity contribution is 5.77.